The van der Waals surface area contributed by atoms with Gasteiger partial charge in [0.25, 0.3) is 0 Å². The Labute approximate surface area is 176 Å². The van der Waals surface area contributed by atoms with Gasteiger partial charge in [-0.1, -0.05) is 34.8 Å². The number of benzene rings is 2. The van der Waals surface area contributed by atoms with Crippen molar-refractivity contribution in [2.24, 2.45) is 0 Å². The lowest BCUT2D eigenvalue weighted by Crippen LogP contribution is -2.06. The third kappa shape index (κ3) is 4.27. The van der Waals surface area contributed by atoms with Gasteiger partial charge in [-0.25, -0.2) is 9.97 Å². The smallest absolute Gasteiger partial charge is 0.159 e. The summed E-state index contributed by atoms with van der Waals surface area (Å²) in [5, 5.41) is 7.55. The number of hydrogen-bond donors (Lipinski definition) is 3. The van der Waals surface area contributed by atoms with Crippen molar-refractivity contribution in [1.29, 1.82) is 0 Å². The second kappa shape index (κ2) is 8.60. The van der Waals surface area contributed by atoms with Gasteiger partial charge in [0, 0.05) is 11.1 Å². The topological polar surface area (TPSA) is 94.3 Å². The van der Waals surface area contributed by atoms with Crippen LogP contribution in [0.1, 0.15) is 0 Å². The van der Waals surface area contributed by atoms with Gasteiger partial charge in [0.05, 0.1) is 35.6 Å². The van der Waals surface area contributed by atoms with Crippen molar-refractivity contribution in [3.63, 3.8) is 0 Å². The molecule has 1 heterocycles. The fraction of sp³-hybridized carbons (Fsp3) is 0.111. The van der Waals surface area contributed by atoms with Gasteiger partial charge in [0.1, 0.15) is 23.5 Å². The highest BCUT2D eigenvalue weighted by atomic mass is 35.5. The first-order valence-electron chi connectivity index (χ1n) is 7.94. The maximum Gasteiger partial charge on any atom is 0.159 e. The molecule has 7 nitrogen and oxygen atoms in total. The van der Waals surface area contributed by atoms with Crippen LogP contribution in [0.4, 0.5) is 28.7 Å². The number of hydrogen-bond acceptors (Lipinski definition) is 7. The van der Waals surface area contributed by atoms with E-state index in [4.69, 9.17) is 50.0 Å². The van der Waals surface area contributed by atoms with Gasteiger partial charge in [-0.3, -0.25) is 0 Å². The monoisotopic (exact) mass is 439 g/mol. The lowest BCUT2D eigenvalue weighted by molar-refractivity contribution is 0.396. The fourth-order valence-corrected chi connectivity index (χ4v) is 2.98. The van der Waals surface area contributed by atoms with E-state index in [0.717, 1.165) is 0 Å². The average molecular weight is 441 g/mol. The minimum atomic E-state index is 0.271. The molecular formula is C18H16Cl3N5O2. The maximum atomic E-state index is 6.23. The zero-order valence-electron chi connectivity index (χ0n) is 14.9. The van der Waals surface area contributed by atoms with Crippen molar-refractivity contribution < 1.29 is 9.47 Å². The SMILES string of the molecule is COc1cc(OC)c(Nc2ncnc(Nc3cc(Cl)ccc3Cl)c2N)cc1Cl. The van der Waals surface area contributed by atoms with E-state index in [1.54, 1.807) is 30.3 Å². The van der Waals surface area contributed by atoms with E-state index < -0.39 is 0 Å². The Morgan fingerprint density at radius 3 is 2.11 bits per heavy atom. The highest BCUT2D eigenvalue weighted by Gasteiger charge is 2.15. The summed E-state index contributed by atoms with van der Waals surface area (Å²) in [6, 6.07) is 8.34. The Morgan fingerprint density at radius 2 is 1.46 bits per heavy atom. The van der Waals surface area contributed by atoms with Crippen molar-refractivity contribution in [1.82, 2.24) is 9.97 Å². The number of methoxy groups -OCH3 is 2. The molecule has 28 heavy (non-hydrogen) atoms. The Hall–Kier alpha value is -2.61. The van der Waals surface area contributed by atoms with Crippen LogP contribution in [0.15, 0.2) is 36.7 Å². The molecule has 0 spiro atoms. The Balaban J connectivity index is 1.94. The van der Waals surface area contributed by atoms with E-state index in [1.807, 2.05) is 0 Å². The van der Waals surface area contributed by atoms with Crippen LogP contribution in [-0.2, 0) is 0 Å². The molecule has 0 aliphatic rings. The van der Waals surface area contributed by atoms with Crippen molar-refractivity contribution in [3.05, 3.63) is 51.7 Å². The molecule has 0 amide bonds. The summed E-state index contributed by atoms with van der Waals surface area (Å²) in [5.41, 5.74) is 7.63. The predicted molar refractivity (Wildman–Crippen MR) is 114 cm³/mol. The molecule has 1 aromatic heterocycles. The van der Waals surface area contributed by atoms with Crippen LogP contribution in [-0.4, -0.2) is 24.2 Å². The number of rotatable bonds is 6. The van der Waals surface area contributed by atoms with Crippen molar-refractivity contribution >= 4 is 63.5 Å². The van der Waals surface area contributed by atoms with E-state index in [9.17, 15) is 0 Å². The highest BCUT2D eigenvalue weighted by molar-refractivity contribution is 6.35. The molecule has 0 fully saturated rings. The number of nitrogens with zero attached hydrogens (tertiary/aromatic N) is 2. The standard InChI is InChI=1S/C18H16Cl3N5O2/c1-27-14-7-15(28-2)13(6-11(14)21)26-18-16(22)17(23-8-24-18)25-12-5-9(19)3-4-10(12)20/h3-8H,22H2,1-2H3,(H2,23,24,25,26). The summed E-state index contributed by atoms with van der Waals surface area (Å²) in [6.07, 6.45) is 1.36. The second-order valence-corrected chi connectivity index (χ2v) is 6.80. The zero-order chi connectivity index (χ0) is 20.3. The zero-order valence-corrected chi connectivity index (χ0v) is 17.2. The molecule has 0 atom stereocenters. The largest absolute Gasteiger partial charge is 0.495 e. The van der Waals surface area contributed by atoms with Gasteiger partial charge in [0.2, 0.25) is 0 Å². The summed E-state index contributed by atoms with van der Waals surface area (Å²) >= 11 is 18.4. The first-order valence-corrected chi connectivity index (χ1v) is 9.07. The van der Waals surface area contributed by atoms with Crippen LogP contribution in [0.25, 0.3) is 0 Å². The lowest BCUT2D eigenvalue weighted by atomic mass is 10.2. The molecule has 0 unspecified atom stereocenters. The third-order valence-corrected chi connectivity index (χ3v) is 4.65. The summed E-state index contributed by atoms with van der Waals surface area (Å²) in [7, 11) is 3.06. The van der Waals surface area contributed by atoms with E-state index in [2.05, 4.69) is 20.6 Å². The molecule has 3 aromatic rings. The van der Waals surface area contributed by atoms with Gasteiger partial charge in [0.15, 0.2) is 11.6 Å². The van der Waals surface area contributed by atoms with Crippen molar-refractivity contribution in [2.45, 2.75) is 0 Å². The Bertz CT molecular complexity index is 1020. The first-order chi connectivity index (χ1) is 13.4. The van der Waals surface area contributed by atoms with Gasteiger partial charge in [-0.05, 0) is 24.3 Å². The minimum Gasteiger partial charge on any atom is -0.495 e. The quantitative estimate of drug-likeness (QED) is 0.464. The lowest BCUT2D eigenvalue weighted by Gasteiger charge is -2.16. The van der Waals surface area contributed by atoms with Crippen LogP contribution in [0.5, 0.6) is 11.5 Å². The van der Waals surface area contributed by atoms with Crippen LogP contribution < -0.4 is 25.8 Å². The Morgan fingerprint density at radius 1 is 0.821 bits per heavy atom. The fourth-order valence-electron chi connectivity index (χ4n) is 2.40. The van der Waals surface area contributed by atoms with E-state index in [1.165, 1.54) is 20.5 Å². The van der Waals surface area contributed by atoms with Crippen molar-refractivity contribution in [3.8, 4) is 11.5 Å². The molecule has 2 aromatic carbocycles. The highest BCUT2D eigenvalue weighted by Crippen LogP contribution is 2.39. The first kappa shape index (κ1) is 20.1. The van der Waals surface area contributed by atoms with Gasteiger partial charge in [-0.15, -0.1) is 0 Å². The molecule has 3 rings (SSSR count). The predicted octanol–water partition coefficient (Wildman–Crippen LogP) is 5.52. The van der Waals surface area contributed by atoms with Gasteiger partial charge >= 0.3 is 0 Å². The number of nitrogens with one attached hydrogen (secondary N) is 2. The van der Waals surface area contributed by atoms with Crippen LogP contribution in [0.3, 0.4) is 0 Å². The molecule has 0 bridgehead atoms. The van der Waals surface area contributed by atoms with Crippen molar-refractivity contribution in [2.75, 3.05) is 30.6 Å². The van der Waals surface area contributed by atoms with Gasteiger partial charge < -0.3 is 25.8 Å². The van der Waals surface area contributed by atoms with Crippen LogP contribution in [0.2, 0.25) is 15.1 Å². The van der Waals surface area contributed by atoms with E-state index >= 15 is 0 Å². The molecule has 146 valence electrons. The molecule has 4 N–H and O–H groups in total. The number of aromatic nitrogens is 2. The number of nitrogen functional groups attached to an aromatic ring is 1. The summed E-state index contributed by atoms with van der Waals surface area (Å²) in [6.45, 7) is 0. The molecule has 0 radical (unpaired) electrons. The number of ether oxygens (including phenoxy) is 2. The summed E-state index contributed by atoms with van der Waals surface area (Å²) in [5.74, 6) is 1.71. The molecule has 0 aliphatic heterocycles. The third-order valence-electron chi connectivity index (χ3n) is 3.79. The summed E-state index contributed by atoms with van der Waals surface area (Å²) in [4.78, 5) is 8.36. The van der Waals surface area contributed by atoms with E-state index in [0.29, 0.717) is 49.6 Å². The average Bonchev–Trinajstić information content (AvgIpc) is 2.68. The molecule has 0 aliphatic carbocycles. The van der Waals surface area contributed by atoms with Crippen LogP contribution >= 0.6 is 34.8 Å². The minimum absolute atomic E-state index is 0.271. The molecule has 0 saturated carbocycles. The maximum absolute atomic E-state index is 6.23. The van der Waals surface area contributed by atoms with Gasteiger partial charge in [-0.2, -0.15) is 0 Å². The number of anilines is 5. The number of halogens is 3. The Kier molecular flexibility index (Phi) is 6.18. The normalized spacial score (nSPS) is 10.5. The second-order valence-electron chi connectivity index (χ2n) is 5.55. The molecule has 10 heteroatoms. The molecule has 0 saturated heterocycles. The molecular weight excluding hydrogens is 425 g/mol. The van der Waals surface area contributed by atoms with Crippen LogP contribution in [0, 0.1) is 0 Å². The number of nitrogens with two attached hydrogens (primary N) is 1. The summed E-state index contributed by atoms with van der Waals surface area (Å²) < 4.78 is 10.6. The van der Waals surface area contributed by atoms with E-state index in [-0.39, 0.29) is 5.69 Å².